The van der Waals surface area contributed by atoms with Crippen molar-refractivity contribution in [2.75, 3.05) is 44.2 Å². The molecule has 1 N–H and O–H groups in total. The molecule has 0 unspecified atom stereocenters. The van der Waals surface area contributed by atoms with Gasteiger partial charge in [-0.2, -0.15) is 0 Å². The number of halogens is 2. The summed E-state index contributed by atoms with van der Waals surface area (Å²) in [6.45, 7) is 6.59. The number of pyridine rings is 1. The molecule has 18 heavy (non-hydrogen) atoms. The molecule has 3 heterocycles. The minimum Gasteiger partial charge on any atom is -0.352 e. The van der Waals surface area contributed by atoms with E-state index in [-0.39, 0.29) is 0 Å². The molecule has 0 atom stereocenters. The molecule has 3 rings (SSSR count). The van der Waals surface area contributed by atoms with Crippen LogP contribution in [0.4, 0.5) is 5.82 Å². The lowest BCUT2D eigenvalue weighted by molar-refractivity contribution is 0.147. The maximum absolute atomic E-state index is 6.21. The van der Waals surface area contributed by atoms with E-state index < -0.39 is 0 Å². The number of nitrogens with one attached hydrogen (secondary N) is 1. The third-order valence-corrected chi connectivity index (χ3v) is 4.33. The van der Waals surface area contributed by atoms with Crippen LogP contribution in [0, 0.1) is 0 Å². The van der Waals surface area contributed by atoms with Crippen molar-refractivity contribution in [3.05, 3.63) is 21.8 Å². The molecule has 0 aromatic carbocycles. The fourth-order valence-corrected chi connectivity index (χ4v) is 3.30. The Kier molecular flexibility index (Phi) is 3.75. The molecule has 1 aromatic rings. The van der Waals surface area contributed by atoms with Crippen LogP contribution in [0.25, 0.3) is 0 Å². The van der Waals surface area contributed by atoms with E-state index in [1.54, 1.807) is 6.20 Å². The Bertz CT molecular complexity index is 430. The number of anilines is 1. The lowest BCUT2D eigenvalue weighted by atomic mass is 10.1. The molecule has 0 saturated carbocycles. The zero-order valence-electron chi connectivity index (χ0n) is 10.1. The molecule has 6 heteroatoms. The van der Waals surface area contributed by atoms with Crippen molar-refractivity contribution < 1.29 is 0 Å². The van der Waals surface area contributed by atoms with E-state index in [2.05, 4.69) is 36.0 Å². The highest BCUT2D eigenvalue weighted by Gasteiger charge is 2.33. The molecule has 4 nitrogen and oxygen atoms in total. The molecule has 2 aliphatic rings. The lowest BCUT2D eigenvalue weighted by Gasteiger charge is -2.47. The highest BCUT2D eigenvalue weighted by molar-refractivity contribution is 9.10. The first-order chi connectivity index (χ1) is 8.74. The van der Waals surface area contributed by atoms with Crippen molar-refractivity contribution in [2.24, 2.45) is 0 Å². The number of piperazine rings is 1. The Balaban J connectivity index is 1.61. The summed E-state index contributed by atoms with van der Waals surface area (Å²) in [6.07, 6.45) is 1.80. The first kappa shape index (κ1) is 12.7. The van der Waals surface area contributed by atoms with E-state index in [4.69, 9.17) is 11.6 Å². The average molecular weight is 332 g/mol. The van der Waals surface area contributed by atoms with Gasteiger partial charge in [-0.15, -0.1) is 0 Å². The van der Waals surface area contributed by atoms with Gasteiger partial charge in [-0.25, -0.2) is 4.98 Å². The van der Waals surface area contributed by atoms with Gasteiger partial charge in [0.15, 0.2) is 0 Å². The Morgan fingerprint density at radius 1 is 1.33 bits per heavy atom. The number of nitrogens with zero attached hydrogens (tertiary/aromatic N) is 3. The SMILES string of the molecule is Clc1cc(Br)cnc1N1CC(N2CCNCC2)C1. The molecule has 1 aromatic heterocycles. The molecule has 2 aliphatic heterocycles. The van der Waals surface area contributed by atoms with Crippen LogP contribution in [-0.4, -0.2) is 55.2 Å². The van der Waals surface area contributed by atoms with Crippen LogP contribution in [0.3, 0.4) is 0 Å². The second kappa shape index (κ2) is 5.33. The van der Waals surface area contributed by atoms with Gasteiger partial charge in [0.2, 0.25) is 0 Å². The number of hydrogen-bond acceptors (Lipinski definition) is 4. The summed E-state index contributed by atoms with van der Waals surface area (Å²) < 4.78 is 0.926. The van der Waals surface area contributed by atoms with Gasteiger partial charge in [0, 0.05) is 56.0 Å². The smallest absolute Gasteiger partial charge is 0.147 e. The minimum atomic E-state index is 0.661. The Morgan fingerprint density at radius 3 is 2.72 bits per heavy atom. The molecule has 0 aliphatic carbocycles. The molecule has 0 spiro atoms. The van der Waals surface area contributed by atoms with Gasteiger partial charge in [-0.1, -0.05) is 11.6 Å². The van der Waals surface area contributed by atoms with Gasteiger partial charge < -0.3 is 10.2 Å². The lowest BCUT2D eigenvalue weighted by Crippen LogP contribution is -2.63. The summed E-state index contributed by atoms with van der Waals surface area (Å²) in [5, 5.41) is 4.11. The molecular weight excluding hydrogens is 316 g/mol. The first-order valence-corrected chi connectivity index (χ1v) is 7.42. The zero-order chi connectivity index (χ0) is 12.5. The highest BCUT2D eigenvalue weighted by atomic mass is 79.9. The van der Waals surface area contributed by atoms with Crippen LogP contribution in [0.15, 0.2) is 16.7 Å². The van der Waals surface area contributed by atoms with E-state index in [1.165, 1.54) is 0 Å². The topological polar surface area (TPSA) is 31.4 Å². The maximum Gasteiger partial charge on any atom is 0.147 e. The Morgan fingerprint density at radius 2 is 2.06 bits per heavy atom. The van der Waals surface area contributed by atoms with Gasteiger partial charge in [0.1, 0.15) is 5.82 Å². The molecule has 2 saturated heterocycles. The van der Waals surface area contributed by atoms with E-state index in [9.17, 15) is 0 Å². The third-order valence-electron chi connectivity index (χ3n) is 3.62. The number of aromatic nitrogens is 1. The van der Waals surface area contributed by atoms with Gasteiger partial charge in [-0.05, 0) is 22.0 Å². The predicted octanol–water partition coefficient (Wildman–Crippen LogP) is 1.59. The second-order valence-electron chi connectivity index (χ2n) is 4.80. The summed E-state index contributed by atoms with van der Waals surface area (Å²) in [5.74, 6) is 0.909. The maximum atomic E-state index is 6.21. The summed E-state index contributed by atoms with van der Waals surface area (Å²) in [5.41, 5.74) is 0. The van der Waals surface area contributed by atoms with Crippen molar-refractivity contribution >= 4 is 33.3 Å². The van der Waals surface area contributed by atoms with Crippen molar-refractivity contribution in [3.63, 3.8) is 0 Å². The summed E-state index contributed by atoms with van der Waals surface area (Å²) in [6, 6.07) is 2.57. The molecule has 98 valence electrons. The predicted molar refractivity (Wildman–Crippen MR) is 77.4 cm³/mol. The van der Waals surface area contributed by atoms with Gasteiger partial charge in [0.05, 0.1) is 5.02 Å². The molecule has 0 radical (unpaired) electrons. The van der Waals surface area contributed by atoms with E-state index in [1.807, 2.05) is 6.07 Å². The number of rotatable bonds is 2. The molecule has 2 fully saturated rings. The summed E-state index contributed by atoms with van der Waals surface area (Å²) in [7, 11) is 0. The summed E-state index contributed by atoms with van der Waals surface area (Å²) >= 11 is 9.59. The Hall–Kier alpha value is -0.360. The quantitative estimate of drug-likeness (QED) is 0.892. The van der Waals surface area contributed by atoms with Crippen molar-refractivity contribution in [2.45, 2.75) is 6.04 Å². The van der Waals surface area contributed by atoms with Crippen LogP contribution in [0.5, 0.6) is 0 Å². The van der Waals surface area contributed by atoms with Crippen LogP contribution >= 0.6 is 27.5 Å². The van der Waals surface area contributed by atoms with Gasteiger partial charge >= 0.3 is 0 Å². The highest BCUT2D eigenvalue weighted by Crippen LogP contribution is 2.30. The second-order valence-corrected chi connectivity index (χ2v) is 6.13. The minimum absolute atomic E-state index is 0.661. The fraction of sp³-hybridized carbons (Fsp3) is 0.583. The largest absolute Gasteiger partial charge is 0.352 e. The third kappa shape index (κ3) is 2.50. The average Bonchev–Trinajstić information content (AvgIpc) is 2.31. The molecule has 0 bridgehead atoms. The summed E-state index contributed by atoms with van der Waals surface area (Å²) in [4.78, 5) is 9.20. The van der Waals surface area contributed by atoms with Crippen LogP contribution < -0.4 is 10.2 Å². The van der Waals surface area contributed by atoms with E-state index in [0.29, 0.717) is 6.04 Å². The van der Waals surface area contributed by atoms with E-state index >= 15 is 0 Å². The molecular formula is C12H16BrClN4. The molecule has 0 amide bonds. The standard InChI is InChI=1S/C12H16BrClN4/c13-9-5-11(14)12(16-6-9)18-7-10(8-18)17-3-1-15-2-4-17/h5-6,10,15H,1-4,7-8H2. The zero-order valence-corrected chi connectivity index (χ0v) is 12.4. The van der Waals surface area contributed by atoms with Crippen LogP contribution in [0.2, 0.25) is 5.02 Å². The normalized spacial score (nSPS) is 22.0. The first-order valence-electron chi connectivity index (χ1n) is 6.25. The van der Waals surface area contributed by atoms with Crippen molar-refractivity contribution in [3.8, 4) is 0 Å². The monoisotopic (exact) mass is 330 g/mol. The van der Waals surface area contributed by atoms with Gasteiger partial charge in [-0.3, -0.25) is 4.90 Å². The van der Waals surface area contributed by atoms with Gasteiger partial charge in [0.25, 0.3) is 0 Å². The van der Waals surface area contributed by atoms with Crippen LogP contribution in [-0.2, 0) is 0 Å². The van der Waals surface area contributed by atoms with Crippen molar-refractivity contribution in [1.82, 2.24) is 15.2 Å². The number of hydrogen-bond donors (Lipinski definition) is 1. The Labute approximate surface area is 120 Å². The fourth-order valence-electron chi connectivity index (χ4n) is 2.55. The van der Waals surface area contributed by atoms with E-state index in [0.717, 1.165) is 54.6 Å². The van der Waals surface area contributed by atoms with Crippen molar-refractivity contribution in [1.29, 1.82) is 0 Å². The van der Waals surface area contributed by atoms with Crippen LogP contribution in [0.1, 0.15) is 0 Å².